The van der Waals surface area contributed by atoms with Gasteiger partial charge in [-0.1, -0.05) is 18.2 Å². The number of methoxy groups -OCH3 is 1. The summed E-state index contributed by atoms with van der Waals surface area (Å²) in [4.78, 5) is 25.3. The Morgan fingerprint density at radius 3 is 2.55 bits per heavy atom. The second-order valence-electron chi connectivity index (χ2n) is 6.79. The quantitative estimate of drug-likeness (QED) is 0.591. The Bertz CT molecular complexity index is 1030. The van der Waals surface area contributed by atoms with Crippen molar-refractivity contribution >= 4 is 27.5 Å². The zero-order chi connectivity index (χ0) is 22.3. The van der Waals surface area contributed by atoms with Crippen molar-refractivity contribution in [3.63, 3.8) is 0 Å². The first-order chi connectivity index (χ1) is 14.9. The van der Waals surface area contributed by atoms with Crippen LogP contribution in [0.3, 0.4) is 0 Å². The van der Waals surface area contributed by atoms with Crippen molar-refractivity contribution in [3.8, 4) is 0 Å². The molecule has 0 bridgehead atoms. The Hall–Kier alpha value is -2.79. The minimum atomic E-state index is -3.73. The fourth-order valence-corrected chi connectivity index (χ4v) is 4.53. The summed E-state index contributed by atoms with van der Waals surface area (Å²) in [5.41, 5.74) is 0.789. The third-order valence-corrected chi connectivity index (χ3v) is 6.61. The number of amides is 2. The van der Waals surface area contributed by atoms with Crippen LogP contribution in [0.1, 0.15) is 20.7 Å². The van der Waals surface area contributed by atoms with Crippen molar-refractivity contribution in [1.29, 1.82) is 0 Å². The molecule has 9 nitrogen and oxygen atoms in total. The highest BCUT2D eigenvalue weighted by Gasteiger charge is 2.27. The molecule has 0 atom stereocenters. The van der Waals surface area contributed by atoms with E-state index >= 15 is 0 Å². The van der Waals surface area contributed by atoms with Crippen LogP contribution < -0.4 is 10.6 Å². The van der Waals surface area contributed by atoms with E-state index in [0.717, 1.165) is 0 Å². The lowest BCUT2D eigenvalue weighted by molar-refractivity contribution is 0.0730. The van der Waals surface area contributed by atoms with Crippen LogP contribution in [0.4, 0.5) is 5.69 Å². The standard InChI is InChI=1S/C21H25N3O6S/c1-29-12-9-22-21(26)18-7-2-3-8-19(18)23-20(25)16-5-4-6-17(15-16)31(27,28)24-10-13-30-14-11-24/h2-8,15H,9-14H2,1H3,(H,22,26)(H,23,25). The van der Waals surface area contributed by atoms with Crippen molar-refractivity contribution in [2.24, 2.45) is 0 Å². The fourth-order valence-electron chi connectivity index (χ4n) is 3.08. The van der Waals surface area contributed by atoms with Gasteiger partial charge in [0.2, 0.25) is 10.0 Å². The lowest BCUT2D eigenvalue weighted by Crippen LogP contribution is -2.40. The van der Waals surface area contributed by atoms with Gasteiger partial charge in [0.25, 0.3) is 11.8 Å². The molecule has 2 aromatic rings. The number of rotatable bonds is 8. The first-order valence-corrected chi connectivity index (χ1v) is 11.2. The van der Waals surface area contributed by atoms with Gasteiger partial charge in [-0.05, 0) is 30.3 Å². The molecule has 1 aliphatic heterocycles. The number of para-hydroxylation sites is 1. The summed E-state index contributed by atoms with van der Waals surface area (Å²) in [6.07, 6.45) is 0. The van der Waals surface area contributed by atoms with Gasteiger partial charge in [0.05, 0.1) is 36.0 Å². The number of carbonyl (C=O) groups excluding carboxylic acids is 2. The minimum absolute atomic E-state index is 0.0349. The van der Waals surface area contributed by atoms with E-state index in [4.69, 9.17) is 9.47 Å². The number of nitrogens with zero attached hydrogens (tertiary/aromatic N) is 1. The number of nitrogens with one attached hydrogen (secondary N) is 2. The van der Waals surface area contributed by atoms with Crippen LogP contribution in [0.15, 0.2) is 53.4 Å². The molecule has 2 N–H and O–H groups in total. The third kappa shape index (κ3) is 5.67. The summed E-state index contributed by atoms with van der Waals surface area (Å²) in [7, 11) is -2.19. The normalized spacial score (nSPS) is 14.7. The van der Waals surface area contributed by atoms with Crippen molar-refractivity contribution < 1.29 is 27.5 Å². The predicted molar refractivity (Wildman–Crippen MR) is 115 cm³/mol. The molecule has 2 amide bonds. The molecule has 1 aliphatic rings. The van der Waals surface area contributed by atoms with E-state index in [0.29, 0.717) is 37.6 Å². The van der Waals surface area contributed by atoms with E-state index in [1.165, 1.54) is 35.7 Å². The Morgan fingerprint density at radius 2 is 1.81 bits per heavy atom. The molecule has 31 heavy (non-hydrogen) atoms. The Morgan fingerprint density at radius 1 is 1.06 bits per heavy atom. The number of ether oxygens (including phenoxy) is 2. The predicted octanol–water partition coefficient (Wildman–Crippen LogP) is 1.34. The second kappa shape index (κ2) is 10.5. The van der Waals surface area contributed by atoms with Crippen LogP contribution in [0.25, 0.3) is 0 Å². The Labute approximate surface area is 181 Å². The van der Waals surface area contributed by atoms with Crippen molar-refractivity contribution in [2.75, 3.05) is 51.9 Å². The lowest BCUT2D eigenvalue weighted by atomic mass is 10.1. The van der Waals surface area contributed by atoms with E-state index in [-0.39, 0.29) is 29.5 Å². The maximum absolute atomic E-state index is 12.9. The second-order valence-corrected chi connectivity index (χ2v) is 8.73. The van der Waals surface area contributed by atoms with Crippen LogP contribution >= 0.6 is 0 Å². The smallest absolute Gasteiger partial charge is 0.255 e. The Kier molecular flexibility index (Phi) is 7.75. The highest BCUT2D eigenvalue weighted by atomic mass is 32.2. The third-order valence-electron chi connectivity index (χ3n) is 4.72. The van der Waals surface area contributed by atoms with Gasteiger partial charge in [-0.2, -0.15) is 4.31 Å². The van der Waals surface area contributed by atoms with Gasteiger partial charge in [0, 0.05) is 32.3 Å². The van der Waals surface area contributed by atoms with Gasteiger partial charge in [-0.3, -0.25) is 9.59 Å². The molecule has 2 aromatic carbocycles. The van der Waals surface area contributed by atoms with E-state index in [9.17, 15) is 18.0 Å². The molecular weight excluding hydrogens is 422 g/mol. The van der Waals surface area contributed by atoms with Crippen molar-refractivity contribution in [3.05, 3.63) is 59.7 Å². The van der Waals surface area contributed by atoms with Gasteiger partial charge in [0.1, 0.15) is 0 Å². The maximum atomic E-state index is 12.9. The molecule has 10 heteroatoms. The zero-order valence-electron chi connectivity index (χ0n) is 17.2. The number of benzene rings is 2. The van der Waals surface area contributed by atoms with Gasteiger partial charge in [-0.25, -0.2) is 8.42 Å². The molecule has 1 heterocycles. The molecule has 0 saturated carbocycles. The van der Waals surface area contributed by atoms with Crippen LogP contribution in [-0.4, -0.2) is 71.1 Å². The topological polar surface area (TPSA) is 114 Å². The number of carbonyl (C=O) groups is 2. The molecule has 1 saturated heterocycles. The molecule has 0 aliphatic carbocycles. The van der Waals surface area contributed by atoms with Crippen LogP contribution in [0, 0.1) is 0 Å². The summed E-state index contributed by atoms with van der Waals surface area (Å²) in [5, 5.41) is 5.41. The molecule has 0 spiro atoms. The molecule has 0 unspecified atom stereocenters. The van der Waals surface area contributed by atoms with Crippen LogP contribution in [-0.2, 0) is 19.5 Å². The summed E-state index contributed by atoms with van der Waals surface area (Å²) in [6.45, 7) is 1.91. The average Bonchev–Trinajstić information content (AvgIpc) is 2.80. The van der Waals surface area contributed by atoms with Gasteiger partial charge in [0.15, 0.2) is 0 Å². The first kappa shape index (κ1) is 22.9. The zero-order valence-corrected chi connectivity index (χ0v) is 18.0. The number of sulfonamides is 1. The molecule has 3 rings (SSSR count). The molecular formula is C21H25N3O6S. The van der Waals surface area contributed by atoms with Crippen LogP contribution in [0.2, 0.25) is 0 Å². The molecule has 166 valence electrons. The minimum Gasteiger partial charge on any atom is -0.383 e. The molecule has 0 aromatic heterocycles. The largest absolute Gasteiger partial charge is 0.383 e. The van der Waals surface area contributed by atoms with E-state index < -0.39 is 15.9 Å². The Balaban J connectivity index is 1.78. The fraction of sp³-hybridized carbons (Fsp3) is 0.333. The number of hydrogen-bond acceptors (Lipinski definition) is 6. The van der Waals surface area contributed by atoms with Gasteiger partial charge < -0.3 is 20.1 Å². The van der Waals surface area contributed by atoms with Crippen molar-refractivity contribution in [2.45, 2.75) is 4.90 Å². The molecule has 1 fully saturated rings. The van der Waals surface area contributed by atoms with Gasteiger partial charge in [-0.15, -0.1) is 0 Å². The van der Waals surface area contributed by atoms with E-state index in [2.05, 4.69) is 10.6 Å². The average molecular weight is 448 g/mol. The summed E-state index contributed by atoms with van der Waals surface area (Å²) in [5.74, 6) is -0.868. The summed E-state index contributed by atoms with van der Waals surface area (Å²) in [6, 6.07) is 12.4. The summed E-state index contributed by atoms with van der Waals surface area (Å²) >= 11 is 0. The van der Waals surface area contributed by atoms with E-state index in [1.807, 2.05) is 0 Å². The SMILES string of the molecule is COCCNC(=O)c1ccccc1NC(=O)c1cccc(S(=O)(=O)N2CCOCC2)c1. The number of hydrogen-bond donors (Lipinski definition) is 2. The first-order valence-electron chi connectivity index (χ1n) is 9.79. The monoisotopic (exact) mass is 447 g/mol. The lowest BCUT2D eigenvalue weighted by Gasteiger charge is -2.26. The number of morpholine rings is 1. The highest BCUT2D eigenvalue weighted by Crippen LogP contribution is 2.20. The maximum Gasteiger partial charge on any atom is 0.255 e. The van der Waals surface area contributed by atoms with Crippen LogP contribution in [0.5, 0.6) is 0 Å². The van der Waals surface area contributed by atoms with E-state index in [1.54, 1.807) is 24.3 Å². The number of anilines is 1. The van der Waals surface area contributed by atoms with Gasteiger partial charge >= 0.3 is 0 Å². The van der Waals surface area contributed by atoms with Crippen molar-refractivity contribution in [1.82, 2.24) is 9.62 Å². The highest BCUT2D eigenvalue weighted by molar-refractivity contribution is 7.89. The molecule has 0 radical (unpaired) electrons. The summed E-state index contributed by atoms with van der Waals surface area (Å²) < 4.78 is 37.2.